The second kappa shape index (κ2) is 6.50. The highest BCUT2D eigenvalue weighted by Gasteiger charge is 2.25. The fraction of sp³-hybridized carbons (Fsp3) is 0.250. The van der Waals surface area contributed by atoms with Gasteiger partial charge in [-0.1, -0.05) is 12.1 Å². The minimum absolute atomic E-state index is 0.0514. The third kappa shape index (κ3) is 3.94. The first-order valence-corrected chi connectivity index (χ1v) is 5.56. The maximum Gasteiger partial charge on any atom is 0.326 e. The van der Waals surface area contributed by atoms with E-state index >= 15 is 0 Å². The molecule has 0 heterocycles. The predicted molar refractivity (Wildman–Crippen MR) is 67.0 cm³/mol. The number of aliphatic carboxylic acids is 2. The summed E-state index contributed by atoms with van der Waals surface area (Å²) in [4.78, 5) is 34.0. The normalized spacial score (nSPS) is 11.5. The number of carboxylic acid groups (broad SMARTS) is 2. The van der Waals surface area contributed by atoms with Gasteiger partial charge in [0.2, 0.25) is 0 Å². The number of nitrogens with one attached hydrogen (secondary N) is 1. The lowest BCUT2D eigenvalue weighted by atomic mass is 10.2. The van der Waals surface area contributed by atoms with E-state index in [1.165, 1.54) is 25.2 Å². The van der Waals surface area contributed by atoms with Crippen molar-refractivity contribution in [3.63, 3.8) is 0 Å². The molecule has 1 rings (SSSR count). The van der Waals surface area contributed by atoms with E-state index in [9.17, 15) is 18.8 Å². The number of para-hydroxylation sites is 1. The summed E-state index contributed by atoms with van der Waals surface area (Å²) >= 11 is 0. The Morgan fingerprint density at radius 1 is 1.30 bits per heavy atom. The monoisotopic (exact) mass is 284 g/mol. The van der Waals surface area contributed by atoms with E-state index < -0.39 is 36.2 Å². The summed E-state index contributed by atoms with van der Waals surface area (Å²) in [5.74, 6) is -3.51. The van der Waals surface area contributed by atoms with Gasteiger partial charge in [0, 0.05) is 7.05 Å². The van der Waals surface area contributed by atoms with Gasteiger partial charge in [-0.2, -0.15) is 0 Å². The molecule has 0 bridgehead atoms. The largest absolute Gasteiger partial charge is 0.481 e. The van der Waals surface area contributed by atoms with Crippen molar-refractivity contribution in [2.24, 2.45) is 0 Å². The highest BCUT2D eigenvalue weighted by Crippen LogP contribution is 2.17. The van der Waals surface area contributed by atoms with Crippen molar-refractivity contribution in [2.75, 3.05) is 11.9 Å². The van der Waals surface area contributed by atoms with E-state index in [2.05, 4.69) is 0 Å². The van der Waals surface area contributed by atoms with Crippen molar-refractivity contribution in [1.82, 2.24) is 5.32 Å². The number of carboxylic acids is 2. The van der Waals surface area contributed by atoms with Gasteiger partial charge in [-0.15, -0.1) is 0 Å². The van der Waals surface area contributed by atoms with E-state index in [0.717, 1.165) is 11.0 Å². The molecule has 0 aliphatic carbocycles. The number of anilines is 1. The number of hydrogen-bond acceptors (Lipinski definition) is 3. The van der Waals surface area contributed by atoms with E-state index in [4.69, 9.17) is 10.2 Å². The molecule has 0 aromatic heterocycles. The Morgan fingerprint density at radius 3 is 2.40 bits per heavy atom. The molecule has 0 aliphatic heterocycles. The summed E-state index contributed by atoms with van der Waals surface area (Å²) in [5, 5.41) is 19.4. The van der Waals surface area contributed by atoms with Crippen LogP contribution in [0.15, 0.2) is 24.3 Å². The molecule has 20 heavy (non-hydrogen) atoms. The number of rotatable bonds is 5. The van der Waals surface area contributed by atoms with E-state index in [1.807, 2.05) is 5.32 Å². The quantitative estimate of drug-likeness (QED) is 0.744. The van der Waals surface area contributed by atoms with Gasteiger partial charge in [-0.3, -0.25) is 9.69 Å². The molecule has 1 aromatic carbocycles. The van der Waals surface area contributed by atoms with Gasteiger partial charge in [-0.25, -0.2) is 14.0 Å². The van der Waals surface area contributed by atoms with Crippen molar-refractivity contribution < 1.29 is 29.0 Å². The van der Waals surface area contributed by atoms with Crippen molar-refractivity contribution in [1.29, 1.82) is 0 Å². The van der Waals surface area contributed by atoms with Crippen LogP contribution in [0, 0.1) is 5.82 Å². The zero-order valence-corrected chi connectivity index (χ0v) is 10.5. The number of nitrogens with zero attached hydrogens (tertiary/aromatic N) is 1. The molecule has 0 spiro atoms. The molecule has 0 radical (unpaired) electrons. The molecule has 1 atom stereocenters. The summed E-state index contributed by atoms with van der Waals surface area (Å²) in [5.41, 5.74) is -0.0514. The van der Waals surface area contributed by atoms with Gasteiger partial charge in [0.05, 0.1) is 12.1 Å². The SMILES string of the molecule is CN(C(=O)N[C@@H](CC(=O)O)C(=O)O)c1ccccc1F. The topological polar surface area (TPSA) is 107 Å². The average molecular weight is 284 g/mol. The van der Waals surface area contributed by atoms with Crippen LogP contribution in [0.4, 0.5) is 14.9 Å². The Balaban J connectivity index is 2.81. The molecule has 2 amide bonds. The second-order valence-corrected chi connectivity index (χ2v) is 3.95. The highest BCUT2D eigenvalue weighted by atomic mass is 19.1. The van der Waals surface area contributed by atoms with Gasteiger partial charge < -0.3 is 15.5 Å². The summed E-state index contributed by atoms with van der Waals surface area (Å²) in [6, 6.07) is 2.92. The maximum absolute atomic E-state index is 13.5. The summed E-state index contributed by atoms with van der Waals surface area (Å²) in [6.07, 6.45) is -0.772. The van der Waals surface area contributed by atoms with Gasteiger partial charge in [0.15, 0.2) is 0 Å². The Kier molecular flexibility index (Phi) is 5.01. The minimum Gasteiger partial charge on any atom is -0.481 e. The number of carbonyl (C=O) groups is 3. The van der Waals surface area contributed by atoms with Crippen LogP contribution >= 0.6 is 0 Å². The smallest absolute Gasteiger partial charge is 0.326 e. The fourth-order valence-corrected chi connectivity index (χ4v) is 1.45. The molecule has 108 valence electrons. The van der Waals surface area contributed by atoms with E-state index in [-0.39, 0.29) is 5.69 Å². The summed E-state index contributed by atoms with van der Waals surface area (Å²) in [6.45, 7) is 0. The van der Waals surface area contributed by atoms with Crippen molar-refractivity contribution in [2.45, 2.75) is 12.5 Å². The fourth-order valence-electron chi connectivity index (χ4n) is 1.45. The van der Waals surface area contributed by atoms with Gasteiger partial charge >= 0.3 is 18.0 Å². The van der Waals surface area contributed by atoms with Crippen LogP contribution in [0.2, 0.25) is 0 Å². The van der Waals surface area contributed by atoms with Crippen LogP contribution < -0.4 is 10.2 Å². The molecular formula is C12H13FN2O5. The lowest BCUT2D eigenvalue weighted by molar-refractivity contribution is -0.145. The molecule has 0 saturated carbocycles. The second-order valence-electron chi connectivity index (χ2n) is 3.95. The predicted octanol–water partition coefficient (Wildman–Crippen LogP) is 0.899. The lowest BCUT2D eigenvalue weighted by Gasteiger charge is -2.21. The van der Waals surface area contributed by atoms with Crippen molar-refractivity contribution in [3.05, 3.63) is 30.1 Å². The molecule has 1 aromatic rings. The van der Waals surface area contributed by atoms with Crippen LogP contribution in [0.5, 0.6) is 0 Å². The van der Waals surface area contributed by atoms with Crippen molar-refractivity contribution >= 4 is 23.7 Å². The maximum atomic E-state index is 13.5. The van der Waals surface area contributed by atoms with E-state index in [1.54, 1.807) is 0 Å². The zero-order chi connectivity index (χ0) is 15.3. The molecule has 0 unspecified atom stereocenters. The third-order valence-corrected chi connectivity index (χ3v) is 2.49. The zero-order valence-electron chi connectivity index (χ0n) is 10.5. The molecule has 0 saturated heterocycles. The first kappa shape index (κ1) is 15.4. The number of halogens is 1. The number of hydrogen-bond donors (Lipinski definition) is 3. The van der Waals surface area contributed by atoms with Gasteiger partial charge in [0.1, 0.15) is 11.9 Å². The highest BCUT2D eigenvalue weighted by molar-refractivity contribution is 5.95. The Hall–Kier alpha value is -2.64. The van der Waals surface area contributed by atoms with Gasteiger partial charge in [-0.05, 0) is 12.1 Å². The van der Waals surface area contributed by atoms with Gasteiger partial charge in [0.25, 0.3) is 0 Å². The van der Waals surface area contributed by atoms with Crippen LogP contribution in [0.1, 0.15) is 6.42 Å². The number of urea groups is 1. The average Bonchev–Trinajstić information content (AvgIpc) is 2.37. The number of amides is 2. The Morgan fingerprint density at radius 2 is 1.90 bits per heavy atom. The van der Waals surface area contributed by atoms with Crippen LogP contribution in [0.25, 0.3) is 0 Å². The number of benzene rings is 1. The molecule has 0 aliphatic rings. The minimum atomic E-state index is -1.59. The molecule has 8 heteroatoms. The third-order valence-electron chi connectivity index (χ3n) is 2.49. The first-order chi connectivity index (χ1) is 9.32. The molecule has 3 N–H and O–H groups in total. The summed E-state index contributed by atoms with van der Waals surface area (Å²) in [7, 11) is 1.24. The number of carbonyl (C=O) groups excluding carboxylic acids is 1. The molecular weight excluding hydrogens is 271 g/mol. The standard InChI is InChI=1S/C12H13FN2O5/c1-15(9-5-3-2-4-7(9)13)12(20)14-8(11(18)19)6-10(16)17/h2-5,8H,6H2,1H3,(H,14,20)(H,16,17)(H,18,19)/t8-/m0/s1. The Bertz CT molecular complexity index is 534. The summed E-state index contributed by atoms with van der Waals surface area (Å²) < 4.78 is 13.5. The first-order valence-electron chi connectivity index (χ1n) is 5.56. The van der Waals surface area contributed by atoms with Crippen LogP contribution in [-0.2, 0) is 9.59 Å². The molecule has 7 nitrogen and oxygen atoms in total. The van der Waals surface area contributed by atoms with E-state index in [0.29, 0.717) is 0 Å². The lowest BCUT2D eigenvalue weighted by Crippen LogP contribution is -2.47. The van der Waals surface area contributed by atoms with Crippen LogP contribution in [0.3, 0.4) is 0 Å². The van der Waals surface area contributed by atoms with Crippen molar-refractivity contribution in [3.8, 4) is 0 Å². The van der Waals surface area contributed by atoms with Crippen LogP contribution in [-0.4, -0.2) is 41.3 Å². The Labute approximate surface area is 113 Å². The molecule has 0 fully saturated rings.